The minimum absolute atomic E-state index is 0.656. The normalized spacial score (nSPS) is 23.4. The molecule has 1 fully saturated rings. The number of nitrogens with zero attached hydrogens (tertiary/aromatic N) is 1. The van der Waals surface area contributed by atoms with Gasteiger partial charge in [0.25, 0.3) is 0 Å². The van der Waals surface area contributed by atoms with Gasteiger partial charge in [0.05, 0.1) is 0 Å². The van der Waals surface area contributed by atoms with Crippen LogP contribution in [-0.4, -0.2) is 37.6 Å². The van der Waals surface area contributed by atoms with Gasteiger partial charge in [0.15, 0.2) is 0 Å². The molecular formula is C19H32N2. The van der Waals surface area contributed by atoms with Gasteiger partial charge in [-0.2, -0.15) is 0 Å². The zero-order valence-electron chi connectivity index (χ0n) is 14.4. The standard InChI is InChI=1S/C19H32N2/c1-14(2)10-19(21(4)5)13-20-18-11-17(12-18)16-8-6-15(3)7-9-16/h6-9,14,17-20H,10-13H2,1-5H3. The summed E-state index contributed by atoms with van der Waals surface area (Å²) in [6.07, 6.45) is 3.86. The van der Waals surface area contributed by atoms with Crippen molar-refractivity contribution in [2.75, 3.05) is 20.6 Å². The second kappa shape index (κ2) is 7.42. The Morgan fingerprint density at radius 2 is 1.76 bits per heavy atom. The zero-order chi connectivity index (χ0) is 15.4. The van der Waals surface area contributed by atoms with Crippen LogP contribution < -0.4 is 5.32 Å². The van der Waals surface area contributed by atoms with E-state index >= 15 is 0 Å². The SMILES string of the molecule is Cc1ccc(C2CC(NCC(CC(C)C)N(C)C)C2)cc1. The van der Waals surface area contributed by atoms with Gasteiger partial charge < -0.3 is 10.2 Å². The van der Waals surface area contributed by atoms with E-state index in [4.69, 9.17) is 0 Å². The topological polar surface area (TPSA) is 15.3 Å². The summed E-state index contributed by atoms with van der Waals surface area (Å²) in [4.78, 5) is 2.36. The van der Waals surface area contributed by atoms with Gasteiger partial charge in [0, 0.05) is 18.6 Å². The third-order valence-corrected chi connectivity index (χ3v) is 4.80. The van der Waals surface area contributed by atoms with Crippen LogP contribution in [0.5, 0.6) is 0 Å². The minimum Gasteiger partial charge on any atom is -0.312 e. The first-order chi connectivity index (χ1) is 9.95. The van der Waals surface area contributed by atoms with Gasteiger partial charge in [0.1, 0.15) is 0 Å². The Hall–Kier alpha value is -0.860. The number of hydrogen-bond acceptors (Lipinski definition) is 2. The van der Waals surface area contributed by atoms with E-state index in [-0.39, 0.29) is 0 Å². The van der Waals surface area contributed by atoms with Crippen molar-refractivity contribution in [3.63, 3.8) is 0 Å². The molecule has 1 aromatic rings. The molecule has 0 spiro atoms. The van der Waals surface area contributed by atoms with Crippen LogP contribution in [0.4, 0.5) is 0 Å². The molecule has 21 heavy (non-hydrogen) atoms. The van der Waals surface area contributed by atoms with Gasteiger partial charge in [-0.05, 0) is 57.7 Å². The minimum atomic E-state index is 0.656. The van der Waals surface area contributed by atoms with E-state index < -0.39 is 0 Å². The Labute approximate surface area is 130 Å². The quantitative estimate of drug-likeness (QED) is 0.821. The summed E-state index contributed by atoms with van der Waals surface area (Å²) in [6.45, 7) is 7.90. The summed E-state index contributed by atoms with van der Waals surface area (Å²) in [5, 5.41) is 3.78. The summed E-state index contributed by atoms with van der Waals surface area (Å²) in [5.41, 5.74) is 2.88. The molecule has 0 radical (unpaired) electrons. The monoisotopic (exact) mass is 288 g/mol. The number of benzene rings is 1. The molecule has 1 aliphatic rings. The number of hydrogen-bond donors (Lipinski definition) is 1. The molecule has 1 aromatic carbocycles. The van der Waals surface area contributed by atoms with E-state index in [1.807, 2.05) is 0 Å². The number of rotatable bonds is 7. The largest absolute Gasteiger partial charge is 0.312 e. The molecule has 0 bridgehead atoms. The van der Waals surface area contributed by atoms with Gasteiger partial charge in [0.2, 0.25) is 0 Å². The van der Waals surface area contributed by atoms with Crippen LogP contribution >= 0.6 is 0 Å². The molecule has 1 aliphatic carbocycles. The summed E-state index contributed by atoms with van der Waals surface area (Å²) in [5.74, 6) is 1.53. The van der Waals surface area contributed by atoms with Gasteiger partial charge in [-0.3, -0.25) is 0 Å². The molecule has 2 heteroatoms. The fourth-order valence-electron chi connectivity index (χ4n) is 3.22. The first-order valence-electron chi connectivity index (χ1n) is 8.42. The third-order valence-electron chi connectivity index (χ3n) is 4.80. The maximum atomic E-state index is 3.78. The van der Waals surface area contributed by atoms with Crippen LogP contribution in [0.25, 0.3) is 0 Å². The average molecular weight is 288 g/mol. The van der Waals surface area contributed by atoms with E-state index in [0.717, 1.165) is 18.4 Å². The van der Waals surface area contributed by atoms with Gasteiger partial charge in [-0.15, -0.1) is 0 Å². The van der Waals surface area contributed by atoms with Crippen molar-refractivity contribution >= 4 is 0 Å². The molecule has 1 atom stereocenters. The highest BCUT2D eigenvalue weighted by atomic mass is 15.1. The van der Waals surface area contributed by atoms with Crippen LogP contribution in [0.2, 0.25) is 0 Å². The Balaban J connectivity index is 1.73. The summed E-state index contributed by atoms with van der Waals surface area (Å²) in [7, 11) is 4.40. The van der Waals surface area contributed by atoms with Crippen molar-refractivity contribution < 1.29 is 0 Å². The maximum Gasteiger partial charge on any atom is 0.0217 e. The predicted molar refractivity (Wildman–Crippen MR) is 91.9 cm³/mol. The fourth-order valence-corrected chi connectivity index (χ4v) is 3.22. The Kier molecular flexibility index (Phi) is 5.83. The molecule has 0 saturated heterocycles. The first kappa shape index (κ1) is 16.5. The first-order valence-corrected chi connectivity index (χ1v) is 8.42. The molecule has 1 saturated carbocycles. The lowest BCUT2D eigenvalue weighted by Gasteiger charge is -2.38. The number of nitrogens with one attached hydrogen (secondary N) is 1. The molecule has 0 aliphatic heterocycles. The summed E-state index contributed by atoms with van der Waals surface area (Å²) >= 11 is 0. The van der Waals surface area contributed by atoms with Crippen molar-refractivity contribution in [3.05, 3.63) is 35.4 Å². The van der Waals surface area contributed by atoms with Crippen molar-refractivity contribution in [2.24, 2.45) is 5.92 Å². The second-order valence-electron chi connectivity index (χ2n) is 7.43. The molecule has 1 unspecified atom stereocenters. The predicted octanol–water partition coefficient (Wildman–Crippen LogP) is 3.81. The van der Waals surface area contributed by atoms with Crippen molar-refractivity contribution in [2.45, 2.75) is 58.0 Å². The third kappa shape index (κ3) is 4.82. The number of aryl methyl sites for hydroxylation is 1. The Morgan fingerprint density at radius 1 is 1.14 bits per heavy atom. The summed E-state index contributed by atoms with van der Waals surface area (Å²) in [6, 6.07) is 10.4. The van der Waals surface area contributed by atoms with Crippen molar-refractivity contribution in [1.82, 2.24) is 10.2 Å². The average Bonchev–Trinajstić information content (AvgIpc) is 2.36. The van der Waals surface area contributed by atoms with E-state index in [1.165, 1.54) is 30.4 Å². The van der Waals surface area contributed by atoms with Crippen LogP contribution in [0.15, 0.2) is 24.3 Å². The van der Waals surface area contributed by atoms with Gasteiger partial charge in [-0.1, -0.05) is 43.7 Å². The second-order valence-corrected chi connectivity index (χ2v) is 7.43. The maximum absolute atomic E-state index is 3.78. The van der Waals surface area contributed by atoms with Gasteiger partial charge in [-0.25, -0.2) is 0 Å². The highest BCUT2D eigenvalue weighted by Gasteiger charge is 2.30. The van der Waals surface area contributed by atoms with Crippen molar-refractivity contribution in [1.29, 1.82) is 0 Å². The van der Waals surface area contributed by atoms with Gasteiger partial charge >= 0.3 is 0 Å². The molecule has 1 N–H and O–H groups in total. The van der Waals surface area contributed by atoms with E-state index in [2.05, 4.69) is 69.3 Å². The molecule has 0 aromatic heterocycles. The Morgan fingerprint density at radius 3 is 2.29 bits per heavy atom. The Bertz CT molecular complexity index is 416. The van der Waals surface area contributed by atoms with Crippen LogP contribution in [-0.2, 0) is 0 Å². The highest BCUT2D eigenvalue weighted by molar-refractivity contribution is 5.26. The van der Waals surface area contributed by atoms with E-state index in [9.17, 15) is 0 Å². The zero-order valence-corrected chi connectivity index (χ0v) is 14.4. The molecule has 2 rings (SSSR count). The smallest absolute Gasteiger partial charge is 0.0217 e. The summed E-state index contributed by atoms with van der Waals surface area (Å²) < 4.78 is 0. The van der Waals surface area contributed by atoms with Crippen LogP contribution in [0.1, 0.15) is 50.2 Å². The van der Waals surface area contributed by atoms with E-state index in [0.29, 0.717) is 12.1 Å². The highest BCUT2D eigenvalue weighted by Crippen LogP contribution is 2.36. The van der Waals surface area contributed by atoms with Crippen LogP contribution in [0.3, 0.4) is 0 Å². The molecule has 0 amide bonds. The van der Waals surface area contributed by atoms with E-state index in [1.54, 1.807) is 0 Å². The fraction of sp³-hybridized carbons (Fsp3) is 0.684. The molecule has 0 heterocycles. The lowest BCUT2D eigenvalue weighted by molar-refractivity contribution is 0.214. The lowest BCUT2D eigenvalue weighted by Crippen LogP contribution is -2.47. The van der Waals surface area contributed by atoms with Crippen molar-refractivity contribution in [3.8, 4) is 0 Å². The molecule has 2 nitrogen and oxygen atoms in total. The molecule has 118 valence electrons. The van der Waals surface area contributed by atoms with Crippen LogP contribution in [0, 0.1) is 12.8 Å². The molecular weight excluding hydrogens is 256 g/mol. The lowest BCUT2D eigenvalue weighted by atomic mass is 9.75. The number of likely N-dealkylation sites (N-methyl/N-ethyl adjacent to an activating group) is 1.